The van der Waals surface area contributed by atoms with E-state index in [0.29, 0.717) is 16.4 Å². The lowest BCUT2D eigenvalue weighted by Gasteiger charge is -2.18. The summed E-state index contributed by atoms with van der Waals surface area (Å²) in [5.74, 6) is -0.394. The molecule has 0 fully saturated rings. The van der Waals surface area contributed by atoms with Gasteiger partial charge < -0.3 is 5.21 Å². The number of aromatic nitrogens is 1. The van der Waals surface area contributed by atoms with Crippen molar-refractivity contribution >= 4 is 23.7 Å². The summed E-state index contributed by atoms with van der Waals surface area (Å²) in [5.41, 5.74) is 1.03. The first-order valence-corrected chi connectivity index (χ1v) is 5.98. The summed E-state index contributed by atoms with van der Waals surface area (Å²) in [6, 6.07) is 1.64. The summed E-state index contributed by atoms with van der Waals surface area (Å²) in [6.07, 6.45) is 7.40. The van der Waals surface area contributed by atoms with Gasteiger partial charge in [-0.1, -0.05) is 11.6 Å². The molecule has 0 bridgehead atoms. The zero-order valence-electron chi connectivity index (χ0n) is 9.10. The van der Waals surface area contributed by atoms with E-state index < -0.39 is 0 Å². The molecule has 2 aliphatic rings. The molecule has 0 amide bonds. The molecule has 1 aliphatic heterocycles. The van der Waals surface area contributed by atoms with Gasteiger partial charge in [-0.2, -0.15) is 4.74 Å². The average Bonchev–Trinajstić information content (AvgIpc) is 2.65. The maximum atomic E-state index is 12.3. The van der Waals surface area contributed by atoms with Crippen molar-refractivity contribution in [1.29, 1.82) is 0 Å². The number of rotatable bonds is 0. The first kappa shape index (κ1) is 10.6. The number of fused-ring (bicyclic) bond motifs is 2. The molecule has 2 heterocycles. The number of allylic oxidation sites excluding steroid dienone is 2. The molecule has 0 N–H and O–H groups in total. The van der Waals surface area contributed by atoms with E-state index in [1.807, 2.05) is 6.08 Å². The third-order valence-corrected chi connectivity index (χ3v) is 3.63. The minimum atomic E-state index is -0.331. The monoisotopic (exact) mass is 250 g/mol. The Kier molecular flexibility index (Phi) is 2.33. The maximum Gasteiger partial charge on any atom is 0.245 e. The van der Waals surface area contributed by atoms with Crippen LogP contribution in [-0.2, 0) is 0 Å². The molecule has 0 spiro atoms. The van der Waals surface area contributed by atoms with Gasteiger partial charge in [-0.05, 0) is 31.4 Å². The number of carbonyl (C=O) groups is 1. The zero-order valence-corrected chi connectivity index (χ0v) is 9.85. The molecule has 0 aromatic carbocycles. The first-order valence-electron chi connectivity index (χ1n) is 5.61. The second-order valence-electron chi connectivity index (χ2n) is 4.32. The minimum Gasteiger partial charge on any atom is -0.618 e. The Morgan fingerprint density at radius 3 is 3.18 bits per heavy atom. The van der Waals surface area contributed by atoms with Crippen LogP contribution in [0.4, 0.5) is 0 Å². The van der Waals surface area contributed by atoms with Crippen LogP contribution < -0.4 is 0 Å². The molecule has 0 saturated carbocycles. The van der Waals surface area contributed by atoms with Gasteiger partial charge >= 0.3 is 0 Å². The van der Waals surface area contributed by atoms with Gasteiger partial charge in [-0.15, -0.1) is 0 Å². The third-order valence-electron chi connectivity index (χ3n) is 3.31. The van der Waals surface area contributed by atoms with Gasteiger partial charge in [0.05, 0.1) is 5.02 Å². The van der Waals surface area contributed by atoms with E-state index in [9.17, 15) is 10.0 Å². The van der Waals surface area contributed by atoms with Gasteiger partial charge in [0.15, 0.2) is 0 Å². The highest BCUT2D eigenvalue weighted by atomic mass is 35.5. The van der Waals surface area contributed by atoms with E-state index >= 15 is 0 Å². The topological polar surface area (TPSA) is 48.1 Å². The molecule has 3 rings (SSSR count). The van der Waals surface area contributed by atoms with Crippen molar-refractivity contribution in [3.8, 4) is 0 Å². The molecular weight excluding hydrogens is 240 g/mol. The largest absolute Gasteiger partial charge is 0.618 e. The van der Waals surface area contributed by atoms with Crippen LogP contribution in [0.1, 0.15) is 29.8 Å². The number of nitrogens with zero attached hydrogens (tertiary/aromatic N) is 2. The number of hydrogen-bond donors (Lipinski definition) is 0. The summed E-state index contributed by atoms with van der Waals surface area (Å²) >= 11 is 5.97. The summed E-state index contributed by atoms with van der Waals surface area (Å²) in [5, 5.41) is 12.4. The standard InChI is InChI=1S/C12H11ClN2O2/c13-9-5-6-14-11(9)7-15(17)10-4-2-1-3-8(10)12(14)16/h4-8H,1-3H2. The fourth-order valence-electron chi connectivity index (χ4n) is 2.45. The minimum absolute atomic E-state index is 0.0625. The lowest BCUT2D eigenvalue weighted by molar-refractivity contribution is -0.403. The van der Waals surface area contributed by atoms with Crippen LogP contribution in [0, 0.1) is 11.1 Å². The molecule has 1 unspecified atom stereocenters. The van der Waals surface area contributed by atoms with Crippen molar-refractivity contribution < 1.29 is 9.53 Å². The fraction of sp³-hybridized carbons (Fsp3) is 0.333. The Morgan fingerprint density at radius 1 is 1.53 bits per heavy atom. The van der Waals surface area contributed by atoms with Gasteiger partial charge in [0.2, 0.25) is 17.8 Å². The van der Waals surface area contributed by atoms with Crippen molar-refractivity contribution in [2.45, 2.75) is 19.3 Å². The van der Waals surface area contributed by atoms with Gasteiger partial charge in [0.25, 0.3) is 0 Å². The van der Waals surface area contributed by atoms with Gasteiger partial charge in [0, 0.05) is 6.20 Å². The van der Waals surface area contributed by atoms with E-state index in [4.69, 9.17) is 11.6 Å². The molecule has 0 radical (unpaired) electrons. The molecule has 88 valence electrons. The number of hydrogen-bond acceptors (Lipinski definition) is 2. The van der Waals surface area contributed by atoms with Crippen LogP contribution in [0.2, 0.25) is 5.02 Å². The van der Waals surface area contributed by atoms with Crippen molar-refractivity contribution in [3.63, 3.8) is 0 Å². The summed E-state index contributed by atoms with van der Waals surface area (Å²) in [4.78, 5) is 12.3. The Hall–Kier alpha value is -1.55. The molecule has 4 nitrogen and oxygen atoms in total. The number of halogens is 1. The van der Waals surface area contributed by atoms with Gasteiger partial charge in [-0.25, -0.2) is 0 Å². The van der Waals surface area contributed by atoms with Crippen LogP contribution in [0.5, 0.6) is 0 Å². The van der Waals surface area contributed by atoms with E-state index in [1.165, 1.54) is 10.8 Å². The van der Waals surface area contributed by atoms with E-state index in [1.54, 1.807) is 12.3 Å². The number of hydroxylamine groups is 1. The predicted octanol–water partition coefficient (Wildman–Crippen LogP) is 2.41. The smallest absolute Gasteiger partial charge is 0.245 e. The van der Waals surface area contributed by atoms with E-state index in [2.05, 4.69) is 0 Å². The lowest BCUT2D eigenvalue weighted by atomic mass is 9.91. The van der Waals surface area contributed by atoms with Crippen LogP contribution in [0.15, 0.2) is 24.0 Å². The highest BCUT2D eigenvalue weighted by molar-refractivity contribution is 6.33. The Bertz CT molecular complexity index is 557. The van der Waals surface area contributed by atoms with Gasteiger partial charge in [0.1, 0.15) is 11.6 Å². The Labute approximate surface area is 103 Å². The second-order valence-corrected chi connectivity index (χ2v) is 4.73. The predicted molar refractivity (Wildman–Crippen MR) is 64.3 cm³/mol. The van der Waals surface area contributed by atoms with Crippen LogP contribution in [0.25, 0.3) is 0 Å². The van der Waals surface area contributed by atoms with Crippen LogP contribution in [-0.4, -0.2) is 21.4 Å². The van der Waals surface area contributed by atoms with E-state index in [0.717, 1.165) is 24.0 Å². The maximum absolute atomic E-state index is 12.3. The quantitative estimate of drug-likeness (QED) is 0.524. The summed E-state index contributed by atoms with van der Waals surface area (Å²) < 4.78 is 2.26. The van der Waals surface area contributed by atoms with Crippen molar-refractivity contribution in [2.75, 3.05) is 0 Å². The molecule has 0 saturated heterocycles. The highest BCUT2D eigenvalue weighted by Crippen LogP contribution is 2.30. The third kappa shape index (κ3) is 1.52. The molecule has 1 aliphatic carbocycles. The molecular formula is C12H11ClN2O2. The van der Waals surface area contributed by atoms with Crippen molar-refractivity contribution in [2.24, 2.45) is 5.92 Å². The molecule has 1 aromatic heterocycles. The molecule has 1 aromatic rings. The zero-order chi connectivity index (χ0) is 12.0. The normalized spacial score (nSPS) is 23.4. The first-order chi connectivity index (χ1) is 8.18. The SMILES string of the molecule is O=C1C2CCCC=C2[N+]([O-])=Cc2c(Cl)ccn21. The number of carbonyl (C=O) groups excluding carboxylic acids is 1. The van der Waals surface area contributed by atoms with Crippen molar-refractivity contribution in [1.82, 2.24) is 4.57 Å². The summed E-state index contributed by atoms with van der Waals surface area (Å²) in [7, 11) is 0. The molecule has 5 heteroatoms. The second kappa shape index (κ2) is 3.74. The van der Waals surface area contributed by atoms with Crippen LogP contribution >= 0.6 is 11.6 Å². The fourth-order valence-corrected chi connectivity index (χ4v) is 2.64. The summed E-state index contributed by atoms with van der Waals surface area (Å²) in [6.45, 7) is 0. The lowest BCUT2D eigenvalue weighted by Crippen LogP contribution is -2.26. The Morgan fingerprint density at radius 2 is 2.35 bits per heavy atom. The van der Waals surface area contributed by atoms with Gasteiger partial charge in [-0.3, -0.25) is 9.36 Å². The highest BCUT2D eigenvalue weighted by Gasteiger charge is 2.35. The average molecular weight is 251 g/mol. The van der Waals surface area contributed by atoms with E-state index in [-0.39, 0.29) is 11.8 Å². The molecule has 1 atom stereocenters. The molecule has 17 heavy (non-hydrogen) atoms. The van der Waals surface area contributed by atoms with Crippen molar-refractivity contribution in [3.05, 3.63) is 40.0 Å². The van der Waals surface area contributed by atoms with Crippen LogP contribution in [0.3, 0.4) is 0 Å². The Balaban J connectivity index is 2.22.